The van der Waals surface area contributed by atoms with E-state index in [1.54, 1.807) is 6.07 Å². The maximum absolute atomic E-state index is 13.3. The van der Waals surface area contributed by atoms with E-state index in [1.165, 1.54) is 18.2 Å². The summed E-state index contributed by atoms with van der Waals surface area (Å²) in [4.78, 5) is 16.7. The van der Waals surface area contributed by atoms with Gasteiger partial charge in [-0.1, -0.05) is 12.1 Å². The first-order chi connectivity index (χ1) is 12.8. The molecule has 0 aliphatic rings. The zero-order valence-corrected chi connectivity index (χ0v) is 13.4. The summed E-state index contributed by atoms with van der Waals surface area (Å²) < 4.78 is 45.3. The smallest absolute Gasteiger partial charge is 0.418 e. The molecular formula is C19H10F3NO4. The lowest BCUT2D eigenvalue weighted by atomic mass is 10.0. The average molecular weight is 373 g/mol. The summed E-state index contributed by atoms with van der Waals surface area (Å²) >= 11 is 0. The quantitative estimate of drug-likeness (QED) is 0.381. The van der Waals surface area contributed by atoms with Crippen LogP contribution >= 0.6 is 0 Å². The highest BCUT2D eigenvalue weighted by Gasteiger charge is 2.35. The van der Waals surface area contributed by atoms with Gasteiger partial charge in [0.25, 0.3) is 0 Å². The van der Waals surface area contributed by atoms with Crippen molar-refractivity contribution in [3.05, 3.63) is 64.6 Å². The van der Waals surface area contributed by atoms with Gasteiger partial charge in [0.1, 0.15) is 11.8 Å². The van der Waals surface area contributed by atoms with Gasteiger partial charge in [0.15, 0.2) is 11.5 Å². The number of alkyl halides is 3. The van der Waals surface area contributed by atoms with Crippen LogP contribution in [0.25, 0.3) is 33.0 Å². The molecule has 0 saturated carbocycles. The Morgan fingerprint density at radius 1 is 1.00 bits per heavy atom. The van der Waals surface area contributed by atoms with Crippen LogP contribution in [-0.2, 0) is 6.18 Å². The molecule has 0 atom stereocenters. The molecule has 0 saturated heterocycles. The second-order valence-corrected chi connectivity index (χ2v) is 5.85. The van der Waals surface area contributed by atoms with Crippen molar-refractivity contribution >= 4 is 21.7 Å². The first-order valence-corrected chi connectivity index (χ1v) is 7.71. The van der Waals surface area contributed by atoms with Crippen LogP contribution in [-0.4, -0.2) is 15.2 Å². The zero-order valence-electron chi connectivity index (χ0n) is 13.4. The van der Waals surface area contributed by atoms with Gasteiger partial charge in [-0.25, -0.2) is 0 Å². The molecule has 4 rings (SSSR count). The van der Waals surface area contributed by atoms with Crippen LogP contribution < -0.4 is 5.43 Å². The molecule has 0 fully saturated rings. The monoisotopic (exact) mass is 373 g/mol. The second kappa shape index (κ2) is 5.73. The minimum absolute atomic E-state index is 0.00686. The van der Waals surface area contributed by atoms with E-state index in [1.807, 2.05) is 0 Å². The molecule has 5 nitrogen and oxygen atoms in total. The Morgan fingerprint density at radius 3 is 2.48 bits per heavy atom. The summed E-state index contributed by atoms with van der Waals surface area (Å²) in [5.74, 6) is -1.02. The average Bonchev–Trinajstić information content (AvgIpc) is 2.64. The lowest BCUT2D eigenvalue weighted by molar-refractivity contribution is -0.137. The fourth-order valence-corrected chi connectivity index (χ4v) is 3.02. The summed E-state index contributed by atoms with van der Waals surface area (Å²) in [6.45, 7) is 0. The third kappa shape index (κ3) is 2.57. The van der Waals surface area contributed by atoms with Gasteiger partial charge in [0, 0.05) is 11.6 Å². The lowest BCUT2D eigenvalue weighted by Crippen LogP contribution is -2.13. The highest BCUT2D eigenvalue weighted by molar-refractivity contribution is 6.10. The SMILES string of the molecule is O=c1c(-c2ncccc2C(F)(F)F)coc2ccc3ccc(O)c(O)c3c12. The fraction of sp³-hybridized carbons (Fsp3) is 0.0526. The molecule has 2 aromatic carbocycles. The molecule has 0 bridgehead atoms. The summed E-state index contributed by atoms with van der Waals surface area (Å²) in [6.07, 6.45) is -2.67. The topological polar surface area (TPSA) is 83.6 Å². The number of phenolic OH excluding ortho intramolecular Hbond substituents is 2. The van der Waals surface area contributed by atoms with E-state index in [9.17, 15) is 28.2 Å². The van der Waals surface area contributed by atoms with Crippen LogP contribution in [0.4, 0.5) is 13.2 Å². The normalized spacial score (nSPS) is 12.0. The van der Waals surface area contributed by atoms with Crippen molar-refractivity contribution in [1.29, 1.82) is 0 Å². The summed E-state index contributed by atoms with van der Waals surface area (Å²) in [6, 6.07) is 7.67. The number of halogens is 3. The number of hydrogen-bond acceptors (Lipinski definition) is 5. The molecule has 4 aromatic rings. The number of fused-ring (bicyclic) bond motifs is 3. The second-order valence-electron chi connectivity index (χ2n) is 5.85. The number of pyridine rings is 1. The van der Waals surface area contributed by atoms with Crippen LogP contribution in [0.3, 0.4) is 0 Å². The highest BCUT2D eigenvalue weighted by atomic mass is 19.4. The predicted octanol–water partition coefficient (Wildman–Crippen LogP) is 4.44. The highest BCUT2D eigenvalue weighted by Crippen LogP contribution is 2.39. The molecule has 2 aromatic heterocycles. The van der Waals surface area contributed by atoms with E-state index >= 15 is 0 Å². The third-order valence-corrected chi connectivity index (χ3v) is 4.24. The van der Waals surface area contributed by atoms with Crippen molar-refractivity contribution in [2.24, 2.45) is 0 Å². The molecule has 0 aliphatic carbocycles. The molecule has 2 heterocycles. The number of aromatic nitrogens is 1. The Bertz CT molecular complexity index is 1260. The molecular weight excluding hydrogens is 363 g/mol. The van der Waals surface area contributed by atoms with E-state index in [2.05, 4.69) is 4.98 Å². The van der Waals surface area contributed by atoms with Crippen molar-refractivity contribution in [3.8, 4) is 22.8 Å². The van der Waals surface area contributed by atoms with Gasteiger partial charge in [-0.2, -0.15) is 13.2 Å². The lowest BCUT2D eigenvalue weighted by Gasteiger charge is -2.12. The van der Waals surface area contributed by atoms with Crippen LogP contribution in [0, 0.1) is 0 Å². The van der Waals surface area contributed by atoms with Crippen LogP contribution in [0.2, 0.25) is 0 Å². The van der Waals surface area contributed by atoms with Gasteiger partial charge in [-0.05, 0) is 29.7 Å². The third-order valence-electron chi connectivity index (χ3n) is 4.24. The molecule has 0 spiro atoms. The van der Waals surface area contributed by atoms with E-state index in [4.69, 9.17) is 4.42 Å². The number of nitrogens with zero attached hydrogens (tertiary/aromatic N) is 1. The molecule has 2 N–H and O–H groups in total. The minimum atomic E-state index is -4.72. The number of rotatable bonds is 1. The van der Waals surface area contributed by atoms with Gasteiger partial charge in [-0.15, -0.1) is 0 Å². The molecule has 0 unspecified atom stereocenters. The molecule has 0 aliphatic heterocycles. The Balaban J connectivity index is 2.15. The predicted molar refractivity (Wildman–Crippen MR) is 91.6 cm³/mol. The maximum Gasteiger partial charge on any atom is 0.418 e. The first kappa shape index (κ1) is 16.9. The minimum Gasteiger partial charge on any atom is -0.504 e. The largest absolute Gasteiger partial charge is 0.504 e. The molecule has 136 valence electrons. The van der Waals surface area contributed by atoms with Crippen LogP contribution in [0.5, 0.6) is 11.5 Å². The Hall–Kier alpha value is -3.55. The van der Waals surface area contributed by atoms with Gasteiger partial charge >= 0.3 is 6.18 Å². The standard InChI is InChI=1S/C19H10F3NO4/c20-19(21,22)11-2-1-7-23-16(11)10-8-27-13-6-4-9-3-5-12(24)18(26)14(9)15(13)17(10)25/h1-8,24,26H. The number of benzene rings is 2. The van der Waals surface area contributed by atoms with Crippen molar-refractivity contribution in [2.45, 2.75) is 6.18 Å². The number of aromatic hydroxyl groups is 2. The molecule has 0 amide bonds. The van der Waals surface area contributed by atoms with E-state index < -0.39 is 39.9 Å². The van der Waals surface area contributed by atoms with Crippen molar-refractivity contribution in [3.63, 3.8) is 0 Å². The number of phenols is 2. The van der Waals surface area contributed by atoms with Crippen LogP contribution in [0.15, 0.2) is 58.1 Å². The Morgan fingerprint density at radius 2 is 1.74 bits per heavy atom. The summed E-state index contributed by atoms with van der Waals surface area (Å²) in [7, 11) is 0. The van der Waals surface area contributed by atoms with E-state index in [0.29, 0.717) is 5.39 Å². The van der Waals surface area contributed by atoms with Gasteiger partial charge in [0.05, 0.1) is 22.2 Å². The summed E-state index contributed by atoms with van der Waals surface area (Å²) in [5, 5.41) is 20.2. The van der Waals surface area contributed by atoms with E-state index in [0.717, 1.165) is 24.6 Å². The van der Waals surface area contributed by atoms with Crippen molar-refractivity contribution in [2.75, 3.05) is 0 Å². The van der Waals surface area contributed by atoms with Crippen molar-refractivity contribution in [1.82, 2.24) is 4.98 Å². The molecule has 27 heavy (non-hydrogen) atoms. The first-order valence-electron chi connectivity index (χ1n) is 7.71. The fourth-order valence-electron chi connectivity index (χ4n) is 3.02. The maximum atomic E-state index is 13.3. The van der Waals surface area contributed by atoms with Crippen LogP contribution in [0.1, 0.15) is 5.56 Å². The van der Waals surface area contributed by atoms with Gasteiger partial charge in [0.2, 0.25) is 5.43 Å². The zero-order chi connectivity index (χ0) is 19.3. The Kier molecular flexibility index (Phi) is 3.59. The molecule has 8 heteroatoms. The molecule has 0 radical (unpaired) electrons. The number of hydrogen-bond donors (Lipinski definition) is 2. The van der Waals surface area contributed by atoms with Gasteiger partial charge in [-0.3, -0.25) is 9.78 Å². The van der Waals surface area contributed by atoms with Gasteiger partial charge < -0.3 is 14.6 Å². The summed E-state index contributed by atoms with van der Waals surface area (Å²) in [5.41, 5.74) is -2.79. The van der Waals surface area contributed by atoms with E-state index in [-0.39, 0.29) is 16.4 Å². The van der Waals surface area contributed by atoms with Crippen molar-refractivity contribution < 1.29 is 27.8 Å². The Labute approximate surface area is 148 Å².